The van der Waals surface area contributed by atoms with Crippen molar-refractivity contribution >= 4 is 31.5 Å². The highest BCUT2D eigenvalue weighted by atomic mass is 32.1. The third-order valence-corrected chi connectivity index (χ3v) is 3.92. The van der Waals surface area contributed by atoms with Crippen molar-refractivity contribution in [1.29, 1.82) is 0 Å². The van der Waals surface area contributed by atoms with E-state index in [0.29, 0.717) is 0 Å². The van der Waals surface area contributed by atoms with Gasteiger partial charge in [0.05, 0.1) is 0 Å². The van der Waals surface area contributed by atoms with E-state index in [9.17, 15) is 0 Å². The van der Waals surface area contributed by atoms with Crippen molar-refractivity contribution in [3.05, 3.63) is 47.5 Å². The fourth-order valence-electron chi connectivity index (χ4n) is 2.00. The highest BCUT2D eigenvalue weighted by Gasteiger charge is 2.04. The monoisotopic (exact) mass is 212 g/mol. The third-order valence-electron chi connectivity index (χ3n) is 2.78. The Labute approximate surface area is 93.2 Å². The maximum absolute atomic E-state index is 2.28. The maximum Gasteiger partial charge on any atom is 0.0358 e. The molecule has 0 radical (unpaired) electrons. The largest absolute Gasteiger partial charge is 0.135 e. The molecule has 0 nitrogen and oxygen atoms in total. The van der Waals surface area contributed by atoms with Crippen LogP contribution in [-0.4, -0.2) is 0 Å². The molecule has 0 saturated carbocycles. The van der Waals surface area contributed by atoms with Crippen molar-refractivity contribution in [3.8, 4) is 0 Å². The summed E-state index contributed by atoms with van der Waals surface area (Å²) in [6.45, 7) is 4.30. The molecule has 1 heteroatoms. The van der Waals surface area contributed by atoms with Crippen LogP contribution in [-0.2, 0) is 0 Å². The lowest BCUT2D eigenvalue weighted by Gasteiger charge is -1.94. The lowest BCUT2D eigenvalue weighted by atomic mass is 10.1. The minimum Gasteiger partial charge on any atom is -0.135 e. The molecule has 74 valence electrons. The van der Waals surface area contributed by atoms with Gasteiger partial charge in [-0.3, -0.25) is 0 Å². The average molecular weight is 212 g/mol. The Morgan fingerprint density at radius 1 is 0.733 bits per heavy atom. The second-order valence-electron chi connectivity index (χ2n) is 4.10. The van der Waals surface area contributed by atoms with Gasteiger partial charge in [0.15, 0.2) is 0 Å². The molecule has 1 aromatic heterocycles. The van der Waals surface area contributed by atoms with Crippen LogP contribution in [0.25, 0.3) is 20.2 Å². The standard InChI is InChI=1S/C14H12S/c1-9-4-6-13-12(7-9)11-5-3-10(2)8-14(11)15-13/h3-8H,1-2H3. The number of benzene rings is 2. The predicted molar refractivity (Wildman–Crippen MR) is 68.8 cm³/mol. The Morgan fingerprint density at radius 3 is 2.33 bits per heavy atom. The van der Waals surface area contributed by atoms with Crippen LogP contribution >= 0.6 is 11.3 Å². The van der Waals surface area contributed by atoms with Crippen molar-refractivity contribution in [1.82, 2.24) is 0 Å². The van der Waals surface area contributed by atoms with E-state index in [2.05, 4.69) is 50.2 Å². The number of fused-ring (bicyclic) bond motifs is 3. The number of hydrogen-bond donors (Lipinski definition) is 0. The number of thiophene rings is 1. The molecular weight excluding hydrogens is 200 g/mol. The molecule has 3 aromatic rings. The van der Waals surface area contributed by atoms with E-state index >= 15 is 0 Å². The molecule has 0 atom stereocenters. The highest BCUT2D eigenvalue weighted by Crippen LogP contribution is 2.34. The molecule has 0 aliphatic heterocycles. The minimum absolute atomic E-state index is 1.34. The quantitative estimate of drug-likeness (QED) is 0.508. The van der Waals surface area contributed by atoms with Gasteiger partial charge in [-0.05, 0) is 37.6 Å². The first-order valence-corrected chi connectivity index (χ1v) is 5.95. The van der Waals surface area contributed by atoms with Crippen LogP contribution in [0.4, 0.5) is 0 Å². The van der Waals surface area contributed by atoms with Crippen molar-refractivity contribution < 1.29 is 0 Å². The van der Waals surface area contributed by atoms with Crippen LogP contribution in [0.15, 0.2) is 36.4 Å². The molecule has 2 aromatic carbocycles. The van der Waals surface area contributed by atoms with E-state index in [-0.39, 0.29) is 0 Å². The zero-order chi connectivity index (χ0) is 10.4. The van der Waals surface area contributed by atoms with E-state index in [0.717, 1.165) is 0 Å². The van der Waals surface area contributed by atoms with Gasteiger partial charge >= 0.3 is 0 Å². The molecule has 0 N–H and O–H groups in total. The zero-order valence-corrected chi connectivity index (χ0v) is 9.69. The van der Waals surface area contributed by atoms with Gasteiger partial charge in [-0.25, -0.2) is 0 Å². The van der Waals surface area contributed by atoms with Crippen LogP contribution in [0, 0.1) is 13.8 Å². The van der Waals surface area contributed by atoms with E-state index in [4.69, 9.17) is 0 Å². The van der Waals surface area contributed by atoms with Crippen molar-refractivity contribution in [2.24, 2.45) is 0 Å². The maximum atomic E-state index is 2.28. The summed E-state index contributed by atoms with van der Waals surface area (Å²) < 4.78 is 2.79. The molecule has 1 heterocycles. The Morgan fingerprint density at radius 2 is 1.47 bits per heavy atom. The second kappa shape index (κ2) is 3.07. The normalized spacial score (nSPS) is 11.3. The number of rotatable bonds is 0. The fourth-order valence-corrected chi connectivity index (χ4v) is 3.18. The van der Waals surface area contributed by atoms with Gasteiger partial charge in [-0.2, -0.15) is 0 Å². The molecule has 0 saturated heterocycles. The first-order chi connectivity index (χ1) is 7.24. The summed E-state index contributed by atoms with van der Waals surface area (Å²) in [5, 5.41) is 2.79. The topological polar surface area (TPSA) is 0 Å². The summed E-state index contributed by atoms with van der Waals surface area (Å²) in [5.74, 6) is 0. The minimum atomic E-state index is 1.34. The molecule has 0 fully saturated rings. The average Bonchev–Trinajstić information content (AvgIpc) is 2.54. The van der Waals surface area contributed by atoms with Crippen molar-refractivity contribution in [2.75, 3.05) is 0 Å². The predicted octanol–water partition coefficient (Wildman–Crippen LogP) is 4.67. The summed E-state index contributed by atoms with van der Waals surface area (Å²) in [4.78, 5) is 0. The summed E-state index contributed by atoms with van der Waals surface area (Å²) in [6.07, 6.45) is 0. The molecule has 15 heavy (non-hydrogen) atoms. The summed E-state index contributed by atoms with van der Waals surface area (Å²) in [6, 6.07) is 13.4. The molecule has 0 spiro atoms. The smallest absolute Gasteiger partial charge is 0.0358 e. The summed E-state index contributed by atoms with van der Waals surface area (Å²) in [7, 11) is 0. The second-order valence-corrected chi connectivity index (χ2v) is 5.19. The van der Waals surface area contributed by atoms with Gasteiger partial charge in [-0.1, -0.05) is 23.8 Å². The number of hydrogen-bond acceptors (Lipinski definition) is 1. The Balaban J connectivity index is 2.53. The van der Waals surface area contributed by atoms with E-state index in [1.54, 1.807) is 0 Å². The fraction of sp³-hybridized carbons (Fsp3) is 0.143. The van der Waals surface area contributed by atoms with Crippen molar-refractivity contribution in [3.63, 3.8) is 0 Å². The van der Waals surface area contributed by atoms with Gasteiger partial charge in [-0.15, -0.1) is 11.3 Å². The first kappa shape index (κ1) is 8.93. The van der Waals surface area contributed by atoms with Crippen LogP contribution in [0.1, 0.15) is 11.1 Å². The van der Waals surface area contributed by atoms with Crippen molar-refractivity contribution in [2.45, 2.75) is 13.8 Å². The Kier molecular flexibility index (Phi) is 1.83. The third kappa shape index (κ3) is 1.35. The molecule has 0 aliphatic carbocycles. The van der Waals surface area contributed by atoms with Gasteiger partial charge in [0.25, 0.3) is 0 Å². The van der Waals surface area contributed by atoms with Gasteiger partial charge < -0.3 is 0 Å². The van der Waals surface area contributed by atoms with Crippen LogP contribution in [0.2, 0.25) is 0 Å². The summed E-state index contributed by atoms with van der Waals surface area (Å²) >= 11 is 1.88. The molecule has 0 aliphatic rings. The van der Waals surface area contributed by atoms with Crippen LogP contribution < -0.4 is 0 Å². The Bertz CT molecular complexity index is 647. The molecule has 3 rings (SSSR count). The van der Waals surface area contributed by atoms with E-state index in [1.165, 1.54) is 31.3 Å². The Hall–Kier alpha value is -1.34. The first-order valence-electron chi connectivity index (χ1n) is 5.13. The lowest BCUT2D eigenvalue weighted by Crippen LogP contribution is -1.71. The summed E-state index contributed by atoms with van der Waals surface area (Å²) in [5.41, 5.74) is 2.67. The van der Waals surface area contributed by atoms with Gasteiger partial charge in [0.1, 0.15) is 0 Å². The van der Waals surface area contributed by atoms with Gasteiger partial charge in [0, 0.05) is 20.2 Å². The molecular formula is C14H12S. The van der Waals surface area contributed by atoms with Gasteiger partial charge in [0.2, 0.25) is 0 Å². The van der Waals surface area contributed by atoms with E-state index < -0.39 is 0 Å². The highest BCUT2D eigenvalue weighted by molar-refractivity contribution is 7.25. The van der Waals surface area contributed by atoms with E-state index in [1.807, 2.05) is 11.3 Å². The van der Waals surface area contributed by atoms with Crippen LogP contribution in [0.5, 0.6) is 0 Å². The molecule has 0 amide bonds. The SMILES string of the molecule is Cc1ccc2c(c1)sc1ccc(C)cc12. The molecule has 0 unspecified atom stereocenters. The number of aryl methyl sites for hydroxylation is 2. The van der Waals surface area contributed by atoms with Crippen LogP contribution in [0.3, 0.4) is 0 Å². The molecule has 0 bridgehead atoms. The zero-order valence-electron chi connectivity index (χ0n) is 8.87. The lowest BCUT2D eigenvalue weighted by molar-refractivity contribution is 1.51.